The van der Waals surface area contributed by atoms with Crippen LogP contribution in [0.4, 0.5) is 22.0 Å². The summed E-state index contributed by atoms with van der Waals surface area (Å²) in [6.45, 7) is 0.978. The fourth-order valence-electron chi connectivity index (χ4n) is 1.32. The van der Waals surface area contributed by atoms with Gasteiger partial charge in [-0.2, -0.15) is 22.0 Å². The first-order valence-electron chi connectivity index (χ1n) is 4.97. The lowest BCUT2D eigenvalue weighted by molar-refractivity contribution is -0.289. The van der Waals surface area contributed by atoms with Crippen LogP contribution in [0.5, 0.6) is 0 Å². The van der Waals surface area contributed by atoms with Gasteiger partial charge >= 0.3 is 12.1 Å². The van der Waals surface area contributed by atoms with Crippen molar-refractivity contribution in [2.24, 2.45) is 5.73 Å². The third kappa shape index (κ3) is 2.62. The number of benzene rings is 1. The molecule has 0 amide bonds. The van der Waals surface area contributed by atoms with Gasteiger partial charge < -0.3 is 10.8 Å². The summed E-state index contributed by atoms with van der Waals surface area (Å²) in [5.41, 5.74) is 3.54. The van der Waals surface area contributed by atoms with Crippen molar-refractivity contribution < 1.29 is 27.1 Å². The summed E-state index contributed by atoms with van der Waals surface area (Å²) in [5.74, 6) is -4.91. The molecular formula is C11H12F5NO. The molecule has 0 heterocycles. The summed E-state index contributed by atoms with van der Waals surface area (Å²) in [6.07, 6.45) is -5.64. The lowest BCUT2D eigenvalue weighted by atomic mass is 9.92. The van der Waals surface area contributed by atoms with Gasteiger partial charge in [0.05, 0.1) is 12.1 Å². The van der Waals surface area contributed by atoms with Gasteiger partial charge in [0.25, 0.3) is 0 Å². The zero-order valence-corrected chi connectivity index (χ0v) is 9.43. The molecule has 102 valence electrons. The fourth-order valence-corrected chi connectivity index (χ4v) is 1.32. The highest BCUT2D eigenvalue weighted by Gasteiger charge is 2.58. The largest absolute Gasteiger partial charge is 0.458 e. The summed E-state index contributed by atoms with van der Waals surface area (Å²) >= 11 is 0. The van der Waals surface area contributed by atoms with E-state index in [9.17, 15) is 22.0 Å². The average molecular weight is 269 g/mol. The van der Waals surface area contributed by atoms with Gasteiger partial charge in [0.15, 0.2) is 0 Å². The van der Waals surface area contributed by atoms with Crippen molar-refractivity contribution in [2.45, 2.75) is 24.6 Å². The minimum absolute atomic E-state index is 0.270. The third-order valence-corrected chi connectivity index (χ3v) is 2.59. The highest BCUT2D eigenvalue weighted by Crippen LogP contribution is 2.43. The predicted molar refractivity (Wildman–Crippen MR) is 55.0 cm³/mol. The molecule has 0 aromatic heterocycles. The van der Waals surface area contributed by atoms with E-state index < -0.39 is 29.8 Å². The van der Waals surface area contributed by atoms with Crippen LogP contribution in [-0.4, -0.2) is 17.9 Å². The van der Waals surface area contributed by atoms with Gasteiger partial charge in [-0.15, -0.1) is 0 Å². The van der Waals surface area contributed by atoms with Crippen LogP contribution in [0, 0.1) is 0 Å². The summed E-state index contributed by atoms with van der Waals surface area (Å²) in [5, 5.41) is 8.95. The third-order valence-electron chi connectivity index (χ3n) is 2.59. The van der Waals surface area contributed by atoms with Crippen molar-refractivity contribution in [1.82, 2.24) is 0 Å². The topological polar surface area (TPSA) is 46.2 Å². The van der Waals surface area contributed by atoms with E-state index in [2.05, 4.69) is 0 Å². The Bertz CT molecular complexity index is 410. The maximum absolute atomic E-state index is 13.0. The molecule has 1 aromatic carbocycles. The fraction of sp³-hybridized carbons (Fsp3) is 0.455. The van der Waals surface area contributed by atoms with Gasteiger partial charge in [0.2, 0.25) is 0 Å². The van der Waals surface area contributed by atoms with Gasteiger partial charge in [0.1, 0.15) is 0 Å². The van der Waals surface area contributed by atoms with Gasteiger partial charge in [-0.25, -0.2) is 0 Å². The molecule has 18 heavy (non-hydrogen) atoms. The van der Waals surface area contributed by atoms with E-state index in [-0.39, 0.29) is 5.56 Å². The van der Waals surface area contributed by atoms with E-state index in [0.717, 1.165) is 12.1 Å². The van der Waals surface area contributed by atoms with Gasteiger partial charge in [-0.3, -0.25) is 0 Å². The van der Waals surface area contributed by atoms with E-state index in [1.807, 2.05) is 0 Å². The monoisotopic (exact) mass is 269 g/mol. The predicted octanol–water partition coefficient (Wildman–Crippen LogP) is 2.51. The first-order valence-corrected chi connectivity index (χ1v) is 4.97. The molecule has 0 aliphatic rings. The van der Waals surface area contributed by atoms with E-state index in [1.165, 1.54) is 6.92 Å². The number of hydrogen-bond acceptors (Lipinski definition) is 2. The molecule has 0 saturated heterocycles. The Morgan fingerprint density at radius 3 is 1.72 bits per heavy atom. The Kier molecular flexibility index (Phi) is 3.69. The molecule has 0 spiro atoms. The molecule has 1 rings (SSSR count). The number of alkyl halides is 5. The number of halogens is 5. The minimum atomic E-state index is -5.64. The Labute approximate surface area is 100 Å². The minimum Gasteiger partial charge on any atom is -0.394 e. The smallest absolute Gasteiger partial charge is 0.394 e. The number of nitrogens with two attached hydrogens (primary N) is 1. The van der Waals surface area contributed by atoms with Crippen molar-refractivity contribution in [3.05, 3.63) is 35.4 Å². The van der Waals surface area contributed by atoms with Crippen LogP contribution in [0.15, 0.2) is 24.3 Å². The highest BCUT2D eigenvalue weighted by molar-refractivity contribution is 5.30. The molecule has 1 aromatic rings. The Balaban J connectivity index is 3.11. The van der Waals surface area contributed by atoms with Crippen molar-refractivity contribution in [3.8, 4) is 0 Å². The molecule has 0 radical (unpaired) electrons. The van der Waals surface area contributed by atoms with Crippen molar-refractivity contribution in [3.63, 3.8) is 0 Å². The molecule has 0 bridgehead atoms. The number of aliphatic hydroxyl groups is 1. The van der Waals surface area contributed by atoms with Crippen LogP contribution in [0.25, 0.3) is 0 Å². The van der Waals surface area contributed by atoms with Crippen LogP contribution in [0.3, 0.4) is 0 Å². The Hall–Kier alpha value is -1.21. The van der Waals surface area contributed by atoms with Crippen molar-refractivity contribution in [2.75, 3.05) is 6.61 Å². The first-order chi connectivity index (χ1) is 8.02. The van der Waals surface area contributed by atoms with Gasteiger partial charge in [-0.05, 0) is 12.5 Å². The molecule has 0 fully saturated rings. The van der Waals surface area contributed by atoms with Crippen LogP contribution in [-0.2, 0) is 11.5 Å². The molecule has 2 nitrogen and oxygen atoms in total. The van der Waals surface area contributed by atoms with E-state index in [4.69, 9.17) is 10.8 Å². The molecule has 7 heteroatoms. The quantitative estimate of drug-likeness (QED) is 0.828. The lowest BCUT2D eigenvalue weighted by Crippen LogP contribution is -2.37. The summed E-state index contributed by atoms with van der Waals surface area (Å²) in [6, 6.07) is 3.41. The molecule has 0 aliphatic heterocycles. The molecular weight excluding hydrogens is 257 g/mol. The van der Waals surface area contributed by atoms with E-state index >= 15 is 0 Å². The molecule has 0 saturated carbocycles. The normalized spacial score (nSPS) is 16.4. The number of hydrogen-bond donors (Lipinski definition) is 2. The van der Waals surface area contributed by atoms with E-state index in [0.29, 0.717) is 12.1 Å². The van der Waals surface area contributed by atoms with Crippen LogP contribution < -0.4 is 5.73 Å². The summed E-state index contributed by atoms with van der Waals surface area (Å²) in [7, 11) is 0. The second kappa shape index (κ2) is 4.47. The van der Waals surface area contributed by atoms with Crippen molar-refractivity contribution >= 4 is 0 Å². The molecule has 1 atom stereocenters. The number of rotatable bonds is 3. The number of aliphatic hydroxyl groups excluding tert-OH is 1. The van der Waals surface area contributed by atoms with Gasteiger partial charge in [-0.1, -0.05) is 24.3 Å². The average Bonchev–Trinajstić information content (AvgIpc) is 2.27. The van der Waals surface area contributed by atoms with Gasteiger partial charge in [0, 0.05) is 5.56 Å². The molecule has 1 unspecified atom stereocenters. The summed E-state index contributed by atoms with van der Waals surface area (Å²) in [4.78, 5) is 0. The first kappa shape index (κ1) is 14.8. The maximum atomic E-state index is 13.0. The Morgan fingerprint density at radius 2 is 1.39 bits per heavy atom. The van der Waals surface area contributed by atoms with Crippen LogP contribution in [0.1, 0.15) is 18.1 Å². The zero-order chi connectivity index (χ0) is 14.2. The standard InChI is InChI=1S/C11H12F5NO/c1-9(17,6-18)7-2-4-8(5-3-7)10(12,13)11(14,15)16/h2-5,18H,6,17H2,1H3. The molecule has 0 aliphatic carbocycles. The zero-order valence-electron chi connectivity index (χ0n) is 9.43. The molecule has 3 N–H and O–H groups in total. The SMILES string of the molecule is CC(N)(CO)c1ccc(C(F)(F)C(F)(F)F)cc1. The lowest BCUT2D eigenvalue weighted by Gasteiger charge is -2.24. The second-order valence-electron chi connectivity index (χ2n) is 4.23. The van der Waals surface area contributed by atoms with Crippen molar-refractivity contribution in [1.29, 1.82) is 0 Å². The van der Waals surface area contributed by atoms with Crippen LogP contribution >= 0.6 is 0 Å². The summed E-state index contributed by atoms with van der Waals surface area (Å²) < 4.78 is 62.3. The second-order valence-corrected chi connectivity index (χ2v) is 4.23. The van der Waals surface area contributed by atoms with Crippen LogP contribution in [0.2, 0.25) is 0 Å². The maximum Gasteiger partial charge on any atom is 0.458 e. The van der Waals surface area contributed by atoms with E-state index in [1.54, 1.807) is 0 Å². The highest BCUT2D eigenvalue weighted by atomic mass is 19.4. The Morgan fingerprint density at radius 1 is 1.00 bits per heavy atom.